The fourth-order valence-corrected chi connectivity index (χ4v) is 7.24. The minimum Gasteiger partial charge on any atom is -0.478 e. The van der Waals surface area contributed by atoms with E-state index in [0.29, 0.717) is 28.3 Å². The highest BCUT2D eigenvalue weighted by atomic mass is 16.6. The molecule has 2 fully saturated rings. The Morgan fingerprint density at radius 3 is 1.61 bits per heavy atom. The van der Waals surface area contributed by atoms with E-state index in [2.05, 4.69) is 20.2 Å². The van der Waals surface area contributed by atoms with E-state index >= 15 is 0 Å². The summed E-state index contributed by atoms with van der Waals surface area (Å²) in [4.78, 5) is 77.1. The molecule has 304 valence electrons. The van der Waals surface area contributed by atoms with Crippen molar-refractivity contribution in [3.8, 4) is 0 Å². The number of aryl methyl sites for hydroxylation is 2. The number of nitro benzene ring substituents is 2. The lowest BCUT2D eigenvalue weighted by Crippen LogP contribution is -2.23. The van der Waals surface area contributed by atoms with E-state index in [1.54, 1.807) is 36.4 Å². The van der Waals surface area contributed by atoms with Crippen molar-refractivity contribution in [2.75, 3.05) is 47.0 Å². The molecule has 4 aromatic carbocycles. The molecule has 0 bridgehead atoms. The van der Waals surface area contributed by atoms with E-state index in [1.165, 1.54) is 30.3 Å². The first-order valence-electron chi connectivity index (χ1n) is 18.8. The van der Waals surface area contributed by atoms with Crippen LogP contribution in [-0.4, -0.2) is 63.0 Å². The van der Waals surface area contributed by atoms with Gasteiger partial charge in [-0.3, -0.25) is 34.6 Å². The Morgan fingerprint density at radius 1 is 0.661 bits per heavy atom. The number of benzene rings is 4. The topological polar surface area (TPSA) is 251 Å². The maximum Gasteiger partial charge on any atom is 0.338 e. The number of aromatic amines is 2. The maximum atomic E-state index is 13.0. The third-order valence-electron chi connectivity index (χ3n) is 10.1. The summed E-state index contributed by atoms with van der Waals surface area (Å²) in [6.45, 7) is 6.98. The molecule has 0 atom stereocenters. The zero-order chi connectivity index (χ0) is 42.4. The molecular weight excluding hydrogens is 761 g/mol. The molecule has 0 radical (unpaired) electrons. The number of aromatic nitrogens is 2. The van der Waals surface area contributed by atoms with Gasteiger partial charge >= 0.3 is 5.97 Å². The summed E-state index contributed by atoms with van der Waals surface area (Å²) in [5.74, 6) is -1.53. The zero-order valence-corrected chi connectivity index (χ0v) is 32.3. The number of carbonyl (C=O) groups excluding carboxylic acids is 1. The van der Waals surface area contributed by atoms with Crippen LogP contribution in [0, 0.1) is 34.1 Å². The second kappa shape index (κ2) is 17.7. The van der Waals surface area contributed by atoms with Crippen LogP contribution in [0.25, 0.3) is 21.8 Å². The molecule has 59 heavy (non-hydrogen) atoms. The first-order chi connectivity index (χ1) is 28.2. The highest BCUT2D eigenvalue weighted by molar-refractivity contribution is 6.09. The predicted octanol–water partition coefficient (Wildman–Crippen LogP) is 6.91. The Morgan fingerprint density at radius 2 is 1.12 bits per heavy atom. The number of nitro groups is 2. The number of anilines is 4. The van der Waals surface area contributed by atoms with Gasteiger partial charge in [0.25, 0.3) is 17.3 Å². The largest absolute Gasteiger partial charge is 0.478 e. The average molecular weight is 803 g/mol. The normalized spacial score (nSPS) is 13.3. The number of hydrogen-bond acceptors (Lipinski definition) is 11. The van der Waals surface area contributed by atoms with Crippen LogP contribution in [0.2, 0.25) is 0 Å². The standard InChI is InChI=1S/C21H20N4O4.C11H12N2O4.C10H10N2O/c1-13-10-20(26)23-18-6-4-14(11-16(13)18)22-21(27)17-12-15(25(28)29)5-7-19(17)24-8-2-3-9-24;14-11(15)9-7-8(13(16)17)3-4-10(9)12-5-1-2-6-12;1-6-4-10(13)12-9-3-2-7(11)5-8(6)9/h4-7,10-12H,2-3,8-9H2,1H3,(H,22,27)(H,23,26);3-4,7H,1-2,5-6H2,(H,14,15);2-5H,11H2,1H3,(H,12,13). The number of carboxylic acid groups (broad SMARTS) is 1. The molecule has 2 saturated heterocycles. The first kappa shape index (κ1) is 41.1. The molecule has 0 unspecified atom stereocenters. The molecule has 17 nitrogen and oxygen atoms in total. The molecule has 17 heteroatoms. The quantitative estimate of drug-likeness (QED) is 0.0627. The lowest BCUT2D eigenvalue weighted by atomic mass is 10.1. The van der Waals surface area contributed by atoms with Crippen molar-refractivity contribution < 1.29 is 24.5 Å². The van der Waals surface area contributed by atoms with Crippen molar-refractivity contribution in [2.45, 2.75) is 39.5 Å². The summed E-state index contributed by atoms with van der Waals surface area (Å²) in [7, 11) is 0. The third kappa shape index (κ3) is 9.70. The van der Waals surface area contributed by atoms with Crippen molar-refractivity contribution in [3.05, 3.63) is 148 Å². The Labute approximate surface area is 336 Å². The molecular formula is C42H42N8O9. The van der Waals surface area contributed by atoms with Crippen molar-refractivity contribution in [2.24, 2.45) is 0 Å². The molecule has 8 rings (SSSR count). The van der Waals surface area contributed by atoms with Gasteiger partial charge in [0, 0.05) is 95.8 Å². The van der Waals surface area contributed by atoms with E-state index in [4.69, 9.17) is 10.8 Å². The fraction of sp³-hybridized carbons (Fsp3) is 0.238. The lowest BCUT2D eigenvalue weighted by Gasteiger charge is -2.21. The van der Waals surface area contributed by atoms with Crippen LogP contribution < -0.4 is 32.0 Å². The number of amides is 1. The second-order valence-corrected chi connectivity index (χ2v) is 14.3. The fourth-order valence-electron chi connectivity index (χ4n) is 7.24. The van der Waals surface area contributed by atoms with Gasteiger partial charge in [0.2, 0.25) is 11.1 Å². The number of carboxylic acids is 1. The summed E-state index contributed by atoms with van der Waals surface area (Å²) < 4.78 is 0. The molecule has 0 aliphatic carbocycles. The number of nitrogens with one attached hydrogen (secondary N) is 3. The predicted molar refractivity (Wildman–Crippen MR) is 227 cm³/mol. The van der Waals surface area contributed by atoms with Gasteiger partial charge in [-0.1, -0.05) is 0 Å². The van der Waals surface area contributed by atoms with Gasteiger partial charge < -0.3 is 35.9 Å². The van der Waals surface area contributed by atoms with Crippen LogP contribution >= 0.6 is 0 Å². The van der Waals surface area contributed by atoms with E-state index in [0.717, 1.165) is 85.3 Å². The van der Waals surface area contributed by atoms with Crippen LogP contribution in [0.5, 0.6) is 0 Å². The maximum absolute atomic E-state index is 13.0. The van der Waals surface area contributed by atoms with Crippen LogP contribution in [0.1, 0.15) is 57.5 Å². The molecule has 1 amide bonds. The molecule has 2 aliphatic rings. The molecule has 2 aromatic heterocycles. The van der Waals surface area contributed by atoms with Gasteiger partial charge in [0.1, 0.15) is 0 Å². The van der Waals surface area contributed by atoms with Crippen molar-refractivity contribution in [1.82, 2.24) is 9.97 Å². The van der Waals surface area contributed by atoms with Gasteiger partial charge in [0.05, 0.1) is 32.3 Å². The summed E-state index contributed by atoms with van der Waals surface area (Å²) in [6, 6.07) is 22.1. The Kier molecular flexibility index (Phi) is 12.3. The van der Waals surface area contributed by atoms with Gasteiger partial charge in [0.15, 0.2) is 0 Å². The monoisotopic (exact) mass is 802 g/mol. The Balaban J connectivity index is 0.000000165. The minimum atomic E-state index is -1.13. The molecule has 2 aliphatic heterocycles. The molecule has 0 saturated carbocycles. The number of nitrogens with zero attached hydrogens (tertiary/aromatic N) is 4. The molecule has 6 N–H and O–H groups in total. The van der Waals surface area contributed by atoms with Gasteiger partial charge in [-0.15, -0.1) is 0 Å². The van der Waals surface area contributed by atoms with Gasteiger partial charge in [-0.2, -0.15) is 0 Å². The van der Waals surface area contributed by atoms with Gasteiger partial charge in [-0.05, 0) is 99.2 Å². The third-order valence-corrected chi connectivity index (χ3v) is 10.1. The average Bonchev–Trinajstić information content (AvgIpc) is 3.95. The van der Waals surface area contributed by atoms with Gasteiger partial charge in [-0.25, -0.2) is 4.79 Å². The van der Waals surface area contributed by atoms with Crippen molar-refractivity contribution in [3.63, 3.8) is 0 Å². The number of pyridine rings is 2. The molecule has 6 aromatic rings. The van der Waals surface area contributed by atoms with Crippen molar-refractivity contribution in [1.29, 1.82) is 0 Å². The number of nitrogens with two attached hydrogens (primary N) is 1. The SMILES string of the molecule is Cc1cc(=O)[nH]c2ccc(N)cc12.Cc1cc(=O)[nH]c2ccc(NC(=O)c3cc([N+](=O)[O-])ccc3N3CCCC3)cc12.O=C(O)c1cc([N+](=O)[O-])ccc1N1CCCC1. The number of hydrogen-bond donors (Lipinski definition) is 5. The first-order valence-corrected chi connectivity index (χ1v) is 18.8. The van der Waals surface area contributed by atoms with Crippen LogP contribution in [0.15, 0.2) is 94.5 Å². The number of aromatic carboxylic acids is 1. The van der Waals surface area contributed by atoms with E-state index in [1.807, 2.05) is 30.9 Å². The summed E-state index contributed by atoms with van der Waals surface area (Å²) in [6.07, 6.45) is 4.10. The lowest BCUT2D eigenvalue weighted by molar-refractivity contribution is -0.385. The van der Waals surface area contributed by atoms with E-state index in [-0.39, 0.29) is 33.6 Å². The van der Waals surface area contributed by atoms with E-state index < -0.39 is 21.7 Å². The minimum absolute atomic E-state index is 0.00102. The van der Waals surface area contributed by atoms with Crippen LogP contribution in [0.4, 0.5) is 34.1 Å². The highest BCUT2D eigenvalue weighted by Gasteiger charge is 2.24. The van der Waals surface area contributed by atoms with Crippen LogP contribution in [0.3, 0.4) is 0 Å². The highest BCUT2D eigenvalue weighted by Crippen LogP contribution is 2.31. The second-order valence-electron chi connectivity index (χ2n) is 14.3. The number of H-pyrrole nitrogens is 2. The molecule has 4 heterocycles. The summed E-state index contributed by atoms with van der Waals surface area (Å²) in [5, 5.41) is 35.6. The molecule has 0 spiro atoms. The summed E-state index contributed by atoms with van der Waals surface area (Å²) in [5.41, 5.74) is 11.1. The number of nitrogen functional groups attached to an aromatic ring is 1. The number of rotatable bonds is 7. The van der Waals surface area contributed by atoms with Crippen LogP contribution in [-0.2, 0) is 0 Å². The zero-order valence-electron chi connectivity index (χ0n) is 32.3. The Hall–Kier alpha value is -7.56. The van der Waals surface area contributed by atoms with Crippen molar-refractivity contribution >= 4 is 67.8 Å². The number of fused-ring (bicyclic) bond motifs is 2. The number of carbonyl (C=O) groups is 2. The Bertz CT molecular complexity index is 2720. The number of non-ortho nitro benzene ring substituents is 2. The van der Waals surface area contributed by atoms with E-state index in [9.17, 15) is 39.4 Å². The summed E-state index contributed by atoms with van der Waals surface area (Å²) >= 11 is 0. The smallest absolute Gasteiger partial charge is 0.338 e.